The van der Waals surface area contributed by atoms with E-state index >= 15 is 0 Å². The van der Waals surface area contributed by atoms with Crippen LogP contribution in [0.1, 0.15) is 63.9 Å². The third-order valence-corrected chi connectivity index (χ3v) is 7.72. The van der Waals surface area contributed by atoms with Crippen molar-refractivity contribution < 1.29 is 14.4 Å². The zero-order valence-corrected chi connectivity index (χ0v) is 19.8. The molecule has 3 N–H and O–H groups in total. The van der Waals surface area contributed by atoms with E-state index in [1.165, 1.54) is 0 Å². The van der Waals surface area contributed by atoms with Crippen LogP contribution in [0.3, 0.4) is 0 Å². The topological polar surface area (TPSA) is 102 Å². The first kappa shape index (κ1) is 21.9. The Morgan fingerprint density at radius 1 is 1.15 bits per heavy atom. The van der Waals surface area contributed by atoms with Crippen molar-refractivity contribution in [3.05, 3.63) is 24.0 Å². The Hall–Kier alpha value is -2.65. The maximum Gasteiger partial charge on any atom is 0.223 e. The molecule has 182 valence electrons. The number of ether oxygens (including phenoxy) is 1. The molecule has 1 saturated heterocycles. The number of carbonyl (C=O) groups excluding carboxylic acids is 1. The average Bonchev–Trinajstić information content (AvgIpc) is 3.43. The zero-order chi connectivity index (χ0) is 23.1. The smallest absolute Gasteiger partial charge is 0.223 e. The molecule has 6 rings (SSSR count). The number of hydrogen-bond acceptors (Lipinski definition) is 7. The number of fused-ring (bicyclic) bond motifs is 1. The van der Waals surface area contributed by atoms with Gasteiger partial charge in [0.25, 0.3) is 0 Å². The largest absolute Gasteiger partial charge is 0.381 e. The number of aryl methyl sites for hydroxylation is 1. The van der Waals surface area contributed by atoms with Crippen molar-refractivity contribution in [2.75, 3.05) is 18.5 Å². The van der Waals surface area contributed by atoms with Gasteiger partial charge in [0.15, 0.2) is 5.65 Å². The molecule has 3 fully saturated rings. The van der Waals surface area contributed by atoms with Crippen LogP contribution in [0, 0.1) is 5.92 Å². The summed E-state index contributed by atoms with van der Waals surface area (Å²) in [6.07, 6.45) is 13.6. The summed E-state index contributed by atoms with van der Waals surface area (Å²) < 4.78 is 7.49. The molecular formula is C25H34N6O3. The highest BCUT2D eigenvalue weighted by Gasteiger charge is 2.42. The first-order valence-corrected chi connectivity index (χ1v) is 12.8. The fourth-order valence-corrected chi connectivity index (χ4v) is 5.44. The summed E-state index contributed by atoms with van der Waals surface area (Å²) in [5, 5.41) is 12.5. The number of hydroxylamine groups is 1. The van der Waals surface area contributed by atoms with Crippen LogP contribution in [0.15, 0.2) is 18.5 Å². The molecule has 4 aliphatic rings. The minimum absolute atomic E-state index is 0.0934. The van der Waals surface area contributed by atoms with Crippen molar-refractivity contribution in [1.82, 2.24) is 25.6 Å². The van der Waals surface area contributed by atoms with Gasteiger partial charge in [-0.05, 0) is 64.4 Å². The van der Waals surface area contributed by atoms with Crippen LogP contribution in [0.2, 0.25) is 0 Å². The Morgan fingerprint density at radius 2 is 1.94 bits per heavy atom. The summed E-state index contributed by atoms with van der Waals surface area (Å²) in [5.41, 5.74) is 6.72. The van der Waals surface area contributed by atoms with Crippen LogP contribution in [0.4, 0.5) is 5.69 Å². The fourth-order valence-electron chi connectivity index (χ4n) is 5.44. The number of aromatic nitrogens is 3. The normalized spacial score (nSPS) is 27.6. The Morgan fingerprint density at radius 3 is 2.68 bits per heavy atom. The van der Waals surface area contributed by atoms with Crippen molar-refractivity contribution in [1.29, 1.82) is 0 Å². The molecule has 9 nitrogen and oxygen atoms in total. The first-order chi connectivity index (χ1) is 16.6. The number of amides is 1. The lowest BCUT2D eigenvalue weighted by atomic mass is 9.78. The molecule has 2 aromatic rings. The van der Waals surface area contributed by atoms with Crippen LogP contribution >= 0.6 is 0 Å². The van der Waals surface area contributed by atoms with E-state index < -0.39 is 0 Å². The van der Waals surface area contributed by atoms with Gasteiger partial charge in [0.1, 0.15) is 5.60 Å². The van der Waals surface area contributed by atoms with E-state index in [9.17, 15) is 4.79 Å². The molecular weight excluding hydrogens is 432 g/mol. The van der Waals surface area contributed by atoms with Gasteiger partial charge in [0, 0.05) is 49.5 Å². The lowest BCUT2D eigenvalue weighted by Gasteiger charge is -2.33. The molecule has 9 heteroatoms. The van der Waals surface area contributed by atoms with Gasteiger partial charge in [-0.15, -0.1) is 0 Å². The summed E-state index contributed by atoms with van der Waals surface area (Å²) in [5.74, 6) is 0.314. The monoisotopic (exact) mass is 466 g/mol. The number of nitrogens with zero attached hydrogens (tertiary/aromatic N) is 3. The predicted molar refractivity (Wildman–Crippen MR) is 129 cm³/mol. The van der Waals surface area contributed by atoms with Gasteiger partial charge in [0.2, 0.25) is 5.91 Å². The lowest BCUT2D eigenvalue weighted by molar-refractivity contribution is -0.129. The van der Waals surface area contributed by atoms with E-state index in [-0.39, 0.29) is 17.4 Å². The highest BCUT2D eigenvalue weighted by atomic mass is 16.7. The second kappa shape index (κ2) is 8.85. The van der Waals surface area contributed by atoms with Crippen molar-refractivity contribution in [2.45, 2.75) is 82.5 Å². The molecule has 1 amide bonds. The quantitative estimate of drug-likeness (QED) is 0.601. The highest BCUT2D eigenvalue weighted by molar-refractivity contribution is 5.95. The molecule has 0 atom stereocenters. The maximum absolute atomic E-state index is 12.5. The second-order valence-electron chi connectivity index (χ2n) is 10.2. The summed E-state index contributed by atoms with van der Waals surface area (Å²) in [4.78, 5) is 23.4. The van der Waals surface area contributed by atoms with Crippen molar-refractivity contribution in [3.63, 3.8) is 0 Å². The van der Waals surface area contributed by atoms with Gasteiger partial charge >= 0.3 is 0 Å². The predicted octanol–water partition coefficient (Wildman–Crippen LogP) is 3.13. The van der Waals surface area contributed by atoms with Crippen LogP contribution in [0.25, 0.3) is 16.7 Å². The van der Waals surface area contributed by atoms with Gasteiger partial charge in [0.05, 0.1) is 23.0 Å². The molecule has 2 aliphatic heterocycles. The Bertz CT molecular complexity index is 1090. The number of pyridine rings is 1. The number of carbonyl (C=O) groups is 1. The molecule has 1 spiro atoms. The molecule has 2 saturated carbocycles. The maximum atomic E-state index is 12.5. The van der Waals surface area contributed by atoms with E-state index in [2.05, 4.69) is 34.2 Å². The molecule has 0 aromatic carbocycles. The molecule has 2 aromatic heterocycles. The summed E-state index contributed by atoms with van der Waals surface area (Å²) in [7, 11) is 0. The van der Waals surface area contributed by atoms with E-state index in [0.717, 1.165) is 99.1 Å². The number of nitrogens with one attached hydrogen (secondary N) is 3. The van der Waals surface area contributed by atoms with Crippen molar-refractivity contribution >= 4 is 28.3 Å². The number of anilines is 1. The second-order valence-corrected chi connectivity index (χ2v) is 10.2. The van der Waals surface area contributed by atoms with Crippen LogP contribution in [-0.4, -0.2) is 51.6 Å². The molecule has 0 bridgehead atoms. The Balaban J connectivity index is 1.26. The van der Waals surface area contributed by atoms with E-state index in [4.69, 9.17) is 14.6 Å². The minimum Gasteiger partial charge on any atom is -0.381 e. The Labute approximate surface area is 199 Å². The summed E-state index contributed by atoms with van der Waals surface area (Å²) >= 11 is 0. The van der Waals surface area contributed by atoms with E-state index in [0.29, 0.717) is 12.1 Å². The van der Waals surface area contributed by atoms with Gasteiger partial charge < -0.3 is 15.4 Å². The van der Waals surface area contributed by atoms with Crippen LogP contribution in [0.5, 0.6) is 0 Å². The van der Waals surface area contributed by atoms with E-state index in [1.54, 1.807) is 0 Å². The van der Waals surface area contributed by atoms with Gasteiger partial charge in [-0.25, -0.2) is 9.67 Å². The summed E-state index contributed by atoms with van der Waals surface area (Å²) in [6.45, 7) is 4.40. The molecule has 2 aliphatic carbocycles. The minimum atomic E-state index is -0.371. The van der Waals surface area contributed by atoms with Gasteiger partial charge in [-0.3, -0.25) is 15.1 Å². The third kappa shape index (κ3) is 4.15. The standard InChI is InChI=1S/C25H34N6O3/c1-2-31-23-20(15-27-31)22(28-18-7-11-33-12-8-18)19(14-26-23)21-13-25(34-30-21)9-5-16(6-10-25)24(32)29-17-3-4-17/h13-18,30H,2-12H2,1H3,(H,26,28)(H,29,32). The van der Waals surface area contributed by atoms with Crippen molar-refractivity contribution in [3.8, 4) is 0 Å². The third-order valence-electron chi connectivity index (χ3n) is 7.72. The van der Waals surface area contributed by atoms with E-state index in [1.807, 2.05) is 17.1 Å². The highest BCUT2D eigenvalue weighted by Crippen LogP contribution is 2.42. The molecule has 4 heterocycles. The first-order valence-electron chi connectivity index (χ1n) is 12.8. The molecule has 0 unspecified atom stereocenters. The lowest BCUT2D eigenvalue weighted by Crippen LogP contribution is -2.40. The Kier molecular flexibility index (Phi) is 5.69. The molecule has 34 heavy (non-hydrogen) atoms. The SMILES string of the molecule is CCn1ncc2c(NC3CCOCC3)c(C3=CC4(CCC(C(=O)NC5CC5)CC4)ON3)cnc21. The average molecular weight is 467 g/mol. The van der Waals surface area contributed by atoms with Crippen molar-refractivity contribution in [2.24, 2.45) is 5.92 Å². The number of hydrogen-bond donors (Lipinski definition) is 3. The fraction of sp³-hybridized carbons (Fsp3) is 0.640. The van der Waals surface area contributed by atoms with Crippen LogP contribution < -0.4 is 16.1 Å². The number of rotatable bonds is 6. The van der Waals surface area contributed by atoms with Gasteiger partial charge in [-0.2, -0.15) is 5.10 Å². The zero-order valence-electron chi connectivity index (χ0n) is 19.8. The summed E-state index contributed by atoms with van der Waals surface area (Å²) in [6, 6.07) is 0.765. The molecule has 0 radical (unpaired) electrons. The van der Waals surface area contributed by atoms with Gasteiger partial charge in [-0.1, -0.05) is 0 Å². The van der Waals surface area contributed by atoms with Crippen LogP contribution in [-0.2, 0) is 20.9 Å².